The van der Waals surface area contributed by atoms with Gasteiger partial charge in [0.05, 0.1) is 22.6 Å². The highest BCUT2D eigenvalue weighted by Gasteiger charge is 2.07. The molecule has 18 heavy (non-hydrogen) atoms. The third-order valence-corrected chi connectivity index (χ3v) is 3.12. The van der Waals surface area contributed by atoms with E-state index in [4.69, 9.17) is 11.0 Å². The van der Waals surface area contributed by atoms with E-state index < -0.39 is 0 Å². The maximum absolute atomic E-state index is 13.2. The highest BCUT2D eigenvalue weighted by molar-refractivity contribution is 9.10. The Kier molecular flexibility index (Phi) is 3.49. The summed E-state index contributed by atoms with van der Waals surface area (Å²) in [6.07, 6.45) is 0. The fraction of sp³-hybridized carbons (Fsp3) is 0. The van der Waals surface area contributed by atoms with Gasteiger partial charge in [0.1, 0.15) is 11.9 Å². The zero-order chi connectivity index (χ0) is 13.1. The van der Waals surface area contributed by atoms with Crippen molar-refractivity contribution in [3.05, 3.63) is 52.3 Å². The highest BCUT2D eigenvalue weighted by Crippen LogP contribution is 2.30. The van der Waals surface area contributed by atoms with E-state index in [1.54, 1.807) is 24.3 Å². The number of nitriles is 1. The van der Waals surface area contributed by atoms with E-state index in [0.29, 0.717) is 27.1 Å². The summed E-state index contributed by atoms with van der Waals surface area (Å²) < 4.78 is 13.9. The summed E-state index contributed by atoms with van der Waals surface area (Å²) in [5, 5.41) is 11.9. The summed E-state index contributed by atoms with van der Waals surface area (Å²) in [5.41, 5.74) is 7.68. The van der Waals surface area contributed by atoms with Crippen LogP contribution in [0.1, 0.15) is 5.56 Å². The van der Waals surface area contributed by atoms with Crippen molar-refractivity contribution in [2.75, 3.05) is 11.1 Å². The van der Waals surface area contributed by atoms with Crippen LogP contribution in [0.2, 0.25) is 0 Å². The van der Waals surface area contributed by atoms with Crippen molar-refractivity contribution in [3.63, 3.8) is 0 Å². The Morgan fingerprint density at radius 3 is 2.72 bits per heavy atom. The van der Waals surface area contributed by atoms with Crippen molar-refractivity contribution in [2.24, 2.45) is 0 Å². The third kappa shape index (κ3) is 2.44. The fourth-order valence-corrected chi connectivity index (χ4v) is 1.86. The van der Waals surface area contributed by atoms with Gasteiger partial charge >= 0.3 is 0 Å². The number of nitrogens with one attached hydrogen (secondary N) is 1. The van der Waals surface area contributed by atoms with Crippen LogP contribution in [-0.2, 0) is 0 Å². The molecule has 0 unspecified atom stereocenters. The number of nitrogen functional groups attached to an aromatic ring is 1. The molecule has 2 aromatic rings. The molecule has 0 saturated heterocycles. The van der Waals surface area contributed by atoms with E-state index in [0.717, 1.165) is 0 Å². The molecular formula is C13H9BrFN3. The predicted molar refractivity (Wildman–Crippen MR) is 73.0 cm³/mol. The molecule has 0 aliphatic carbocycles. The molecule has 90 valence electrons. The zero-order valence-electron chi connectivity index (χ0n) is 9.24. The second kappa shape index (κ2) is 5.07. The van der Waals surface area contributed by atoms with E-state index in [1.807, 2.05) is 6.07 Å². The van der Waals surface area contributed by atoms with Crippen LogP contribution in [0, 0.1) is 17.1 Å². The number of anilines is 3. The largest absolute Gasteiger partial charge is 0.396 e. The number of para-hydroxylation sites is 1. The molecule has 0 saturated carbocycles. The Bertz CT molecular complexity index is 635. The summed E-state index contributed by atoms with van der Waals surface area (Å²) in [7, 11) is 0. The van der Waals surface area contributed by atoms with Gasteiger partial charge < -0.3 is 11.1 Å². The van der Waals surface area contributed by atoms with E-state index in [-0.39, 0.29) is 5.82 Å². The molecule has 5 heteroatoms. The molecule has 0 amide bonds. The number of benzene rings is 2. The molecule has 3 N–H and O–H groups in total. The quantitative estimate of drug-likeness (QED) is 0.830. The van der Waals surface area contributed by atoms with Gasteiger partial charge in [-0.1, -0.05) is 6.07 Å². The molecule has 0 aliphatic rings. The number of hydrogen-bond donors (Lipinski definition) is 2. The summed E-state index contributed by atoms with van der Waals surface area (Å²) >= 11 is 3.31. The lowest BCUT2D eigenvalue weighted by atomic mass is 10.1. The molecule has 0 bridgehead atoms. The maximum Gasteiger partial charge on any atom is 0.125 e. The minimum Gasteiger partial charge on any atom is -0.396 e. The minimum atomic E-state index is -0.351. The molecule has 3 nitrogen and oxygen atoms in total. The van der Waals surface area contributed by atoms with E-state index in [1.165, 1.54) is 12.1 Å². The first kappa shape index (κ1) is 12.4. The molecule has 0 radical (unpaired) electrons. The van der Waals surface area contributed by atoms with E-state index in [9.17, 15) is 4.39 Å². The topological polar surface area (TPSA) is 61.8 Å². The summed E-state index contributed by atoms with van der Waals surface area (Å²) in [4.78, 5) is 0. The lowest BCUT2D eigenvalue weighted by Crippen LogP contribution is -1.99. The van der Waals surface area contributed by atoms with Gasteiger partial charge in [0, 0.05) is 4.47 Å². The van der Waals surface area contributed by atoms with E-state index in [2.05, 4.69) is 21.2 Å². The molecule has 0 heterocycles. The summed E-state index contributed by atoms with van der Waals surface area (Å²) in [5.74, 6) is -0.351. The first-order valence-corrected chi connectivity index (χ1v) is 5.92. The van der Waals surface area contributed by atoms with Gasteiger partial charge in [-0.05, 0) is 46.3 Å². The standard InChI is InChI=1S/C13H9BrFN3/c14-10-5-4-9(15)6-12(10)18-11-3-1-2-8(7-16)13(11)17/h1-6,18H,17H2. The van der Waals surface area contributed by atoms with Gasteiger partial charge in [-0.25, -0.2) is 4.39 Å². The SMILES string of the molecule is N#Cc1cccc(Nc2cc(F)ccc2Br)c1N. The number of halogens is 2. The van der Waals surface area contributed by atoms with E-state index >= 15 is 0 Å². The zero-order valence-corrected chi connectivity index (χ0v) is 10.8. The van der Waals surface area contributed by atoms with Crippen LogP contribution in [0.25, 0.3) is 0 Å². The Morgan fingerprint density at radius 1 is 1.22 bits per heavy atom. The van der Waals surface area contributed by atoms with Crippen LogP contribution >= 0.6 is 15.9 Å². The lowest BCUT2D eigenvalue weighted by Gasteiger charge is -2.11. The second-order valence-corrected chi connectivity index (χ2v) is 4.48. The smallest absolute Gasteiger partial charge is 0.125 e. The predicted octanol–water partition coefficient (Wildman–Crippen LogP) is 3.79. The molecule has 0 atom stereocenters. The monoisotopic (exact) mass is 305 g/mol. The normalized spacial score (nSPS) is 9.83. The molecule has 0 aliphatic heterocycles. The van der Waals surface area contributed by atoms with Crippen molar-refractivity contribution in [2.45, 2.75) is 0 Å². The Morgan fingerprint density at radius 2 is 2.00 bits per heavy atom. The average Bonchev–Trinajstić information content (AvgIpc) is 2.36. The van der Waals surface area contributed by atoms with Crippen molar-refractivity contribution in [3.8, 4) is 6.07 Å². The lowest BCUT2D eigenvalue weighted by molar-refractivity contribution is 0.628. The van der Waals surface area contributed by atoms with Crippen molar-refractivity contribution >= 4 is 33.0 Å². The van der Waals surface area contributed by atoms with Gasteiger partial charge in [0.2, 0.25) is 0 Å². The Hall–Kier alpha value is -2.06. The van der Waals surface area contributed by atoms with Crippen LogP contribution < -0.4 is 11.1 Å². The van der Waals surface area contributed by atoms with Crippen LogP contribution in [0.5, 0.6) is 0 Å². The maximum atomic E-state index is 13.2. The van der Waals surface area contributed by atoms with Gasteiger partial charge in [-0.2, -0.15) is 5.26 Å². The molecular weight excluding hydrogens is 297 g/mol. The van der Waals surface area contributed by atoms with Crippen LogP contribution in [0.15, 0.2) is 40.9 Å². The molecule has 2 rings (SSSR count). The highest BCUT2D eigenvalue weighted by atomic mass is 79.9. The molecule has 0 aromatic heterocycles. The van der Waals surface area contributed by atoms with Crippen molar-refractivity contribution < 1.29 is 4.39 Å². The third-order valence-electron chi connectivity index (χ3n) is 2.42. The van der Waals surface area contributed by atoms with Crippen molar-refractivity contribution in [1.29, 1.82) is 5.26 Å². The van der Waals surface area contributed by atoms with Gasteiger partial charge in [-0.15, -0.1) is 0 Å². The Labute approximate surface area is 112 Å². The Balaban J connectivity index is 2.41. The first-order valence-electron chi connectivity index (χ1n) is 5.12. The molecule has 0 spiro atoms. The number of nitrogens with zero attached hydrogens (tertiary/aromatic N) is 1. The number of rotatable bonds is 2. The second-order valence-electron chi connectivity index (χ2n) is 3.63. The minimum absolute atomic E-state index is 0.344. The number of nitrogens with two attached hydrogens (primary N) is 1. The van der Waals surface area contributed by atoms with Gasteiger partial charge in [0.25, 0.3) is 0 Å². The fourth-order valence-electron chi connectivity index (χ4n) is 1.51. The molecule has 2 aromatic carbocycles. The van der Waals surface area contributed by atoms with Crippen LogP contribution in [0.3, 0.4) is 0 Å². The number of hydrogen-bond acceptors (Lipinski definition) is 3. The average molecular weight is 306 g/mol. The van der Waals surface area contributed by atoms with Crippen LogP contribution in [0.4, 0.5) is 21.5 Å². The van der Waals surface area contributed by atoms with Crippen LogP contribution in [-0.4, -0.2) is 0 Å². The van der Waals surface area contributed by atoms with Gasteiger partial charge in [-0.3, -0.25) is 0 Å². The van der Waals surface area contributed by atoms with Gasteiger partial charge in [0.15, 0.2) is 0 Å². The van der Waals surface area contributed by atoms with Crippen molar-refractivity contribution in [1.82, 2.24) is 0 Å². The first-order chi connectivity index (χ1) is 8.61. The molecule has 0 fully saturated rings. The summed E-state index contributed by atoms with van der Waals surface area (Å²) in [6, 6.07) is 11.4. The summed E-state index contributed by atoms with van der Waals surface area (Å²) in [6.45, 7) is 0.